The molecule has 2 aromatic carbocycles. The Morgan fingerprint density at radius 3 is 2.32 bits per heavy atom. The average Bonchev–Trinajstić information content (AvgIpc) is 2.60. The van der Waals surface area contributed by atoms with Gasteiger partial charge in [-0.2, -0.15) is 0 Å². The number of nitrogens with zero attached hydrogens (tertiary/aromatic N) is 1. The van der Waals surface area contributed by atoms with Gasteiger partial charge in [0, 0.05) is 31.2 Å². The first-order valence-electron chi connectivity index (χ1n) is 8.24. The summed E-state index contributed by atoms with van der Waals surface area (Å²) in [6.07, 6.45) is 1.55. The number of amides is 1. The van der Waals surface area contributed by atoms with Crippen molar-refractivity contribution in [2.45, 2.75) is 25.4 Å². The summed E-state index contributed by atoms with van der Waals surface area (Å²) in [4.78, 5) is 14.3. The van der Waals surface area contributed by atoms with Gasteiger partial charge in [0.05, 0.1) is 0 Å². The third kappa shape index (κ3) is 4.60. The molecule has 0 aromatic heterocycles. The largest absolute Gasteiger partial charge is 0.349 e. The van der Waals surface area contributed by atoms with E-state index in [0.717, 1.165) is 37.6 Å². The maximum atomic E-state index is 13.3. The van der Waals surface area contributed by atoms with E-state index >= 15 is 0 Å². The van der Waals surface area contributed by atoms with Gasteiger partial charge >= 0.3 is 0 Å². The summed E-state index contributed by atoms with van der Waals surface area (Å²) in [5, 5.41) is 2.96. The van der Waals surface area contributed by atoms with Crippen molar-refractivity contribution in [3.63, 3.8) is 0 Å². The van der Waals surface area contributed by atoms with Crippen molar-refractivity contribution in [2.24, 2.45) is 0 Å². The molecular formula is C19H19F3N2O. The van der Waals surface area contributed by atoms with Crippen LogP contribution < -0.4 is 5.32 Å². The first-order valence-corrected chi connectivity index (χ1v) is 8.24. The molecule has 25 heavy (non-hydrogen) atoms. The molecule has 0 bridgehead atoms. The molecule has 3 nitrogen and oxygen atoms in total. The lowest BCUT2D eigenvalue weighted by Gasteiger charge is -2.32. The molecule has 3 rings (SSSR count). The molecule has 1 fully saturated rings. The number of halogens is 3. The van der Waals surface area contributed by atoms with Crippen molar-refractivity contribution < 1.29 is 18.0 Å². The Morgan fingerprint density at radius 2 is 1.68 bits per heavy atom. The molecule has 0 atom stereocenters. The van der Waals surface area contributed by atoms with E-state index in [0.29, 0.717) is 12.1 Å². The van der Waals surface area contributed by atoms with E-state index in [9.17, 15) is 18.0 Å². The molecular weight excluding hydrogens is 329 g/mol. The highest BCUT2D eigenvalue weighted by atomic mass is 19.2. The van der Waals surface area contributed by atoms with Crippen molar-refractivity contribution in [2.75, 3.05) is 13.1 Å². The lowest BCUT2D eigenvalue weighted by molar-refractivity contribution is 0.0909. The predicted octanol–water partition coefficient (Wildman–Crippen LogP) is 3.50. The summed E-state index contributed by atoms with van der Waals surface area (Å²) in [5.41, 5.74) is 1.17. The van der Waals surface area contributed by atoms with Crippen LogP contribution in [0.3, 0.4) is 0 Å². The van der Waals surface area contributed by atoms with Crippen LogP contribution in [0.15, 0.2) is 42.5 Å². The van der Waals surface area contributed by atoms with E-state index in [1.165, 1.54) is 30.3 Å². The number of benzene rings is 2. The zero-order valence-corrected chi connectivity index (χ0v) is 13.6. The quantitative estimate of drug-likeness (QED) is 0.917. The van der Waals surface area contributed by atoms with Gasteiger partial charge in [-0.15, -0.1) is 0 Å². The fourth-order valence-corrected chi connectivity index (χ4v) is 3.00. The Hall–Kier alpha value is -2.34. The van der Waals surface area contributed by atoms with Crippen LogP contribution in [-0.4, -0.2) is 29.9 Å². The lowest BCUT2D eigenvalue weighted by atomic mass is 10.0. The van der Waals surface area contributed by atoms with E-state index in [-0.39, 0.29) is 17.8 Å². The lowest BCUT2D eigenvalue weighted by Crippen LogP contribution is -2.44. The van der Waals surface area contributed by atoms with Crippen molar-refractivity contribution in [3.8, 4) is 0 Å². The van der Waals surface area contributed by atoms with Gasteiger partial charge in [0.1, 0.15) is 5.82 Å². The summed E-state index contributed by atoms with van der Waals surface area (Å²) in [6, 6.07) is 9.45. The second-order valence-electron chi connectivity index (χ2n) is 6.28. The molecule has 0 unspecified atom stereocenters. The van der Waals surface area contributed by atoms with Crippen molar-refractivity contribution in [1.82, 2.24) is 10.2 Å². The average molecular weight is 348 g/mol. The number of hydrogen-bond donors (Lipinski definition) is 1. The third-order valence-corrected chi connectivity index (χ3v) is 4.42. The number of carbonyl (C=O) groups is 1. The second kappa shape index (κ2) is 7.70. The van der Waals surface area contributed by atoms with Crippen LogP contribution in [0.25, 0.3) is 0 Å². The molecule has 1 aliphatic heterocycles. The van der Waals surface area contributed by atoms with E-state index < -0.39 is 11.6 Å². The summed E-state index contributed by atoms with van der Waals surface area (Å²) >= 11 is 0. The molecule has 1 amide bonds. The van der Waals surface area contributed by atoms with Crippen molar-refractivity contribution in [3.05, 3.63) is 71.0 Å². The summed E-state index contributed by atoms with van der Waals surface area (Å²) in [7, 11) is 0. The van der Waals surface area contributed by atoms with Gasteiger partial charge in [0.15, 0.2) is 11.6 Å². The zero-order chi connectivity index (χ0) is 17.8. The summed E-state index contributed by atoms with van der Waals surface area (Å²) in [6.45, 7) is 2.07. The number of piperidine rings is 1. The third-order valence-electron chi connectivity index (χ3n) is 4.42. The van der Waals surface area contributed by atoms with Gasteiger partial charge in [0.2, 0.25) is 0 Å². The minimum absolute atomic E-state index is 0.0544. The van der Waals surface area contributed by atoms with Crippen LogP contribution >= 0.6 is 0 Å². The summed E-state index contributed by atoms with van der Waals surface area (Å²) < 4.78 is 39.1. The van der Waals surface area contributed by atoms with Crippen LogP contribution in [0.1, 0.15) is 28.8 Å². The molecule has 0 radical (unpaired) electrons. The van der Waals surface area contributed by atoms with Gasteiger partial charge in [-0.1, -0.05) is 6.07 Å². The first-order chi connectivity index (χ1) is 12.0. The van der Waals surface area contributed by atoms with Crippen LogP contribution in [0.2, 0.25) is 0 Å². The van der Waals surface area contributed by atoms with Crippen molar-refractivity contribution in [1.29, 1.82) is 0 Å². The fraction of sp³-hybridized carbons (Fsp3) is 0.316. The number of hydrogen-bond acceptors (Lipinski definition) is 2. The Kier molecular flexibility index (Phi) is 5.38. The van der Waals surface area contributed by atoms with Crippen LogP contribution in [-0.2, 0) is 6.54 Å². The SMILES string of the molecule is O=C(NC1CCN(Cc2ccc(F)c(F)c2)CC1)c1ccc(F)cc1. The van der Waals surface area contributed by atoms with Gasteiger partial charge in [-0.3, -0.25) is 9.69 Å². The minimum atomic E-state index is -0.842. The molecule has 1 N–H and O–H groups in total. The first kappa shape index (κ1) is 17.5. The summed E-state index contributed by atoms with van der Waals surface area (Å²) in [5.74, 6) is -2.26. The van der Waals surface area contributed by atoms with E-state index in [4.69, 9.17) is 0 Å². The highest BCUT2D eigenvalue weighted by Gasteiger charge is 2.21. The Morgan fingerprint density at radius 1 is 1.00 bits per heavy atom. The Bertz CT molecular complexity index is 741. The normalized spacial score (nSPS) is 16.0. The topological polar surface area (TPSA) is 32.3 Å². The molecule has 0 aliphatic carbocycles. The van der Waals surface area contributed by atoms with Crippen LogP contribution in [0, 0.1) is 17.5 Å². The Balaban J connectivity index is 1.49. The number of rotatable bonds is 4. The minimum Gasteiger partial charge on any atom is -0.349 e. The van der Waals surface area contributed by atoms with Gasteiger partial charge < -0.3 is 5.32 Å². The number of likely N-dealkylation sites (tertiary alicyclic amines) is 1. The monoisotopic (exact) mass is 348 g/mol. The molecule has 2 aromatic rings. The molecule has 1 saturated heterocycles. The predicted molar refractivity (Wildman–Crippen MR) is 88.5 cm³/mol. The second-order valence-corrected chi connectivity index (χ2v) is 6.28. The highest BCUT2D eigenvalue weighted by molar-refractivity contribution is 5.94. The molecule has 1 heterocycles. The Labute approximate surface area is 144 Å². The highest BCUT2D eigenvalue weighted by Crippen LogP contribution is 2.16. The van der Waals surface area contributed by atoms with E-state index in [1.54, 1.807) is 6.07 Å². The molecule has 1 aliphatic rings. The standard InChI is InChI=1S/C19H19F3N2O/c20-15-4-2-14(3-5-15)19(25)23-16-7-9-24(10-8-16)12-13-1-6-17(21)18(22)11-13/h1-6,11,16H,7-10,12H2,(H,23,25). The van der Waals surface area contributed by atoms with Crippen molar-refractivity contribution >= 4 is 5.91 Å². The smallest absolute Gasteiger partial charge is 0.251 e. The number of nitrogens with one attached hydrogen (secondary N) is 1. The molecule has 0 saturated carbocycles. The van der Waals surface area contributed by atoms with E-state index in [1.807, 2.05) is 0 Å². The molecule has 132 valence electrons. The van der Waals surface area contributed by atoms with Gasteiger partial charge in [-0.25, -0.2) is 13.2 Å². The van der Waals surface area contributed by atoms with Crippen LogP contribution in [0.4, 0.5) is 13.2 Å². The molecule has 0 spiro atoms. The maximum absolute atomic E-state index is 13.3. The van der Waals surface area contributed by atoms with Gasteiger partial charge in [-0.05, 0) is 54.8 Å². The molecule has 6 heteroatoms. The van der Waals surface area contributed by atoms with Gasteiger partial charge in [0.25, 0.3) is 5.91 Å². The van der Waals surface area contributed by atoms with E-state index in [2.05, 4.69) is 10.2 Å². The fourth-order valence-electron chi connectivity index (χ4n) is 3.00. The zero-order valence-electron chi connectivity index (χ0n) is 13.6. The van der Waals surface area contributed by atoms with Crippen LogP contribution in [0.5, 0.6) is 0 Å². The number of carbonyl (C=O) groups excluding carboxylic acids is 1. The maximum Gasteiger partial charge on any atom is 0.251 e.